The first-order chi connectivity index (χ1) is 11.3. The van der Waals surface area contributed by atoms with Gasteiger partial charge in [0.1, 0.15) is 6.33 Å². The second kappa shape index (κ2) is 7.63. The summed E-state index contributed by atoms with van der Waals surface area (Å²) < 4.78 is 1.64. The number of hydrogen-bond acceptors (Lipinski definition) is 7. The Morgan fingerprint density at radius 1 is 1.22 bits per heavy atom. The van der Waals surface area contributed by atoms with Crippen molar-refractivity contribution in [2.45, 2.75) is 18.0 Å². The first kappa shape index (κ1) is 15.3. The quantitative estimate of drug-likeness (QED) is 0.388. The maximum Gasteiger partial charge on any atom is 0.252 e. The van der Waals surface area contributed by atoms with E-state index in [9.17, 15) is 4.79 Å². The van der Waals surface area contributed by atoms with Crippen molar-refractivity contribution in [2.75, 3.05) is 12.3 Å². The number of nitrogens with zero attached hydrogens (tertiary/aromatic N) is 6. The number of nitrogens with one attached hydrogen (secondary N) is 1. The van der Waals surface area contributed by atoms with Gasteiger partial charge in [0.25, 0.3) is 5.78 Å². The fourth-order valence-electron chi connectivity index (χ4n) is 1.95. The van der Waals surface area contributed by atoms with Crippen molar-refractivity contribution < 1.29 is 4.79 Å². The number of thioether (sulfide) groups is 1. The molecule has 8 nitrogen and oxygen atoms in total. The van der Waals surface area contributed by atoms with Gasteiger partial charge in [0, 0.05) is 31.3 Å². The van der Waals surface area contributed by atoms with Gasteiger partial charge in [-0.1, -0.05) is 11.8 Å². The molecule has 0 aliphatic heterocycles. The van der Waals surface area contributed by atoms with Crippen LogP contribution in [0.4, 0.5) is 0 Å². The number of aromatic nitrogens is 6. The normalized spacial score (nSPS) is 10.8. The molecule has 1 N–H and O–H groups in total. The molecule has 0 unspecified atom stereocenters. The van der Waals surface area contributed by atoms with E-state index >= 15 is 0 Å². The van der Waals surface area contributed by atoms with Crippen molar-refractivity contribution in [1.82, 2.24) is 34.9 Å². The summed E-state index contributed by atoms with van der Waals surface area (Å²) in [4.78, 5) is 28.1. The molecule has 0 spiro atoms. The number of hydrogen-bond donors (Lipinski definition) is 1. The van der Waals surface area contributed by atoms with Crippen LogP contribution in [-0.4, -0.2) is 47.8 Å². The molecule has 0 saturated heterocycles. The van der Waals surface area contributed by atoms with Gasteiger partial charge in [-0.05, 0) is 24.5 Å². The van der Waals surface area contributed by atoms with Crippen LogP contribution in [0, 0.1) is 0 Å². The Hall–Kier alpha value is -2.55. The van der Waals surface area contributed by atoms with E-state index in [-0.39, 0.29) is 5.91 Å². The van der Waals surface area contributed by atoms with Crippen LogP contribution in [0.15, 0.2) is 42.3 Å². The Balaban J connectivity index is 1.36. The van der Waals surface area contributed by atoms with Gasteiger partial charge in [-0.25, -0.2) is 19.5 Å². The van der Waals surface area contributed by atoms with Gasteiger partial charge in [-0.3, -0.25) is 4.79 Å². The molecule has 23 heavy (non-hydrogen) atoms. The van der Waals surface area contributed by atoms with E-state index in [1.165, 1.54) is 18.1 Å². The van der Waals surface area contributed by atoms with E-state index in [1.807, 2.05) is 6.20 Å². The average Bonchev–Trinajstić information content (AvgIpc) is 3.05. The van der Waals surface area contributed by atoms with E-state index in [1.54, 1.807) is 29.2 Å². The molecule has 0 aliphatic rings. The summed E-state index contributed by atoms with van der Waals surface area (Å²) in [7, 11) is 0. The highest BCUT2D eigenvalue weighted by molar-refractivity contribution is 7.99. The Labute approximate surface area is 136 Å². The molecule has 3 heterocycles. The van der Waals surface area contributed by atoms with E-state index in [2.05, 4.69) is 30.4 Å². The van der Waals surface area contributed by atoms with Crippen LogP contribution < -0.4 is 5.32 Å². The smallest absolute Gasteiger partial charge is 0.252 e. The minimum atomic E-state index is -0.0210. The van der Waals surface area contributed by atoms with Gasteiger partial charge >= 0.3 is 0 Å². The Morgan fingerprint density at radius 2 is 2.09 bits per heavy atom. The molecule has 3 aromatic heterocycles. The molecule has 3 rings (SSSR count). The molecule has 0 bridgehead atoms. The monoisotopic (exact) mass is 329 g/mol. The number of aryl methyl sites for hydroxylation is 1. The van der Waals surface area contributed by atoms with Crippen molar-refractivity contribution in [3.05, 3.63) is 42.7 Å². The molecular weight excluding hydrogens is 314 g/mol. The van der Waals surface area contributed by atoms with Gasteiger partial charge in [-0.15, -0.1) is 0 Å². The van der Waals surface area contributed by atoms with Crippen LogP contribution in [0.1, 0.15) is 12.0 Å². The van der Waals surface area contributed by atoms with Crippen molar-refractivity contribution >= 4 is 23.4 Å². The predicted molar refractivity (Wildman–Crippen MR) is 84.9 cm³/mol. The third-order valence-electron chi connectivity index (χ3n) is 3.03. The molecule has 0 fully saturated rings. The Morgan fingerprint density at radius 3 is 2.96 bits per heavy atom. The third-order valence-corrected chi connectivity index (χ3v) is 3.90. The Kier molecular flexibility index (Phi) is 5.09. The largest absolute Gasteiger partial charge is 0.355 e. The lowest BCUT2D eigenvalue weighted by molar-refractivity contribution is -0.118. The average molecular weight is 329 g/mol. The third kappa shape index (κ3) is 4.46. The van der Waals surface area contributed by atoms with Crippen LogP contribution in [0.3, 0.4) is 0 Å². The van der Waals surface area contributed by atoms with Crippen molar-refractivity contribution in [1.29, 1.82) is 0 Å². The van der Waals surface area contributed by atoms with Crippen LogP contribution in [0.5, 0.6) is 0 Å². The van der Waals surface area contributed by atoms with E-state index in [0.717, 1.165) is 18.4 Å². The zero-order chi connectivity index (χ0) is 15.9. The zero-order valence-corrected chi connectivity index (χ0v) is 13.1. The predicted octanol–water partition coefficient (Wildman–Crippen LogP) is 0.755. The van der Waals surface area contributed by atoms with Crippen LogP contribution in [0.2, 0.25) is 0 Å². The summed E-state index contributed by atoms with van der Waals surface area (Å²) in [5.74, 6) is 0.880. The molecule has 0 aliphatic carbocycles. The number of amides is 1. The van der Waals surface area contributed by atoms with Gasteiger partial charge in [0.05, 0.1) is 5.75 Å². The van der Waals surface area contributed by atoms with E-state index in [0.29, 0.717) is 23.2 Å². The summed E-state index contributed by atoms with van der Waals surface area (Å²) in [6, 6.07) is 1.75. The number of carbonyl (C=O) groups excluding carboxylic acids is 1. The molecule has 1 amide bonds. The molecular formula is C14H15N7OS. The zero-order valence-electron chi connectivity index (χ0n) is 12.3. The molecule has 0 aromatic carbocycles. The SMILES string of the molecule is O=C(CSc1ncccn1)NCCCc1cnc2ncnn2c1. The molecule has 118 valence electrons. The Bertz CT molecular complexity index is 777. The first-order valence-electron chi connectivity index (χ1n) is 7.12. The minimum Gasteiger partial charge on any atom is -0.355 e. The van der Waals surface area contributed by atoms with Gasteiger partial charge < -0.3 is 5.32 Å². The maximum absolute atomic E-state index is 11.7. The molecule has 9 heteroatoms. The number of fused-ring (bicyclic) bond motifs is 1. The highest BCUT2D eigenvalue weighted by Crippen LogP contribution is 2.09. The second-order valence-corrected chi connectivity index (χ2v) is 5.68. The molecule has 0 radical (unpaired) electrons. The van der Waals surface area contributed by atoms with Crippen molar-refractivity contribution in [3.8, 4) is 0 Å². The van der Waals surface area contributed by atoms with Crippen LogP contribution in [-0.2, 0) is 11.2 Å². The summed E-state index contributed by atoms with van der Waals surface area (Å²) in [5.41, 5.74) is 1.06. The summed E-state index contributed by atoms with van der Waals surface area (Å²) in [6.07, 6.45) is 10.1. The lowest BCUT2D eigenvalue weighted by atomic mass is 10.2. The summed E-state index contributed by atoms with van der Waals surface area (Å²) in [6.45, 7) is 0.616. The number of carbonyl (C=O) groups is 1. The fourth-order valence-corrected chi connectivity index (χ4v) is 2.58. The lowest BCUT2D eigenvalue weighted by Crippen LogP contribution is -2.26. The van der Waals surface area contributed by atoms with Gasteiger partial charge in [0.2, 0.25) is 5.91 Å². The number of rotatable bonds is 7. The van der Waals surface area contributed by atoms with Crippen LogP contribution in [0.25, 0.3) is 5.78 Å². The van der Waals surface area contributed by atoms with Gasteiger partial charge in [-0.2, -0.15) is 10.1 Å². The van der Waals surface area contributed by atoms with Crippen LogP contribution >= 0.6 is 11.8 Å². The topological polar surface area (TPSA) is 98.0 Å². The maximum atomic E-state index is 11.7. The van der Waals surface area contributed by atoms with E-state index < -0.39 is 0 Å². The van der Waals surface area contributed by atoms with Gasteiger partial charge in [0.15, 0.2) is 5.16 Å². The highest BCUT2D eigenvalue weighted by atomic mass is 32.2. The second-order valence-electron chi connectivity index (χ2n) is 4.74. The van der Waals surface area contributed by atoms with Crippen molar-refractivity contribution in [2.24, 2.45) is 0 Å². The summed E-state index contributed by atoms with van der Waals surface area (Å²) in [5, 5.41) is 7.54. The molecule has 0 atom stereocenters. The standard InChI is InChI=1S/C14H15N7OS/c22-12(9-23-14-16-5-2-6-17-14)15-4-1-3-11-7-18-13-19-10-20-21(13)8-11/h2,5-8,10H,1,3-4,9H2,(H,15,22). The first-order valence-corrected chi connectivity index (χ1v) is 8.10. The van der Waals surface area contributed by atoms with Crippen molar-refractivity contribution in [3.63, 3.8) is 0 Å². The molecule has 0 saturated carbocycles. The minimum absolute atomic E-state index is 0.0210. The molecule has 3 aromatic rings. The highest BCUT2D eigenvalue weighted by Gasteiger charge is 2.04. The fraction of sp³-hybridized carbons (Fsp3) is 0.286. The summed E-state index contributed by atoms with van der Waals surface area (Å²) >= 11 is 1.32. The lowest BCUT2D eigenvalue weighted by Gasteiger charge is -2.05. The van der Waals surface area contributed by atoms with E-state index in [4.69, 9.17) is 0 Å².